The Hall–Kier alpha value is -3.87. The lowest BCUT2D eigenvalue weighted by Crippen LogP contribution is -2.12. The third-order valence-electron chi connectivity index (χ3n) is 4.83. The zero-order valence-electron chi connectivity index (χ0n) is 17.7. The van der Waals surface area contributed by atoms with Gasteiger partial charge in [0.25, 0.3) is 11.6 Å². The molecule has 0 aliphatic rings. The Morgan fingerprint density at radius 3 is 2.26 bits per heavy atom. The highest BCUT2D eigenvalue weighted by Gasteiger charge is 2.14. The fourth-order valence-corrected chi connectivity index (χ4v) is 2.95. The molecule has 7 heteroatoms. The molecule has 7 nitrogen and oxygen atoms in total. The summed E-state index contributed by atoms with van der Waals surface area (Å²) in [5.41, 5.74) is 8.35. The minimum atomic E-state index is -0.587. The first-order valence-corrected chi connectivity index (χ1v) is 9.81. The predicted octanol–water partition coefficient (Wildman–Crippen LogP) is 5.31. The molecule has 3 rings (SSSR count). The first kappa shape index (κ1) is 21.8. The van der Waals surface area contributed by atoms with Gasteiger partial charge in [-0.2, -0.15) is 0 Å². The standard InChI is InChI=1S/C24H25N3O4/c1-24(2,3)18-8-11-20(12-9-18)31-15-16-4-6-17(7-5-16)23(28)26-19-10-13-21(25)22(14-19)27(29)30/h4-14H,15,25H2,1-3H3,(H,26,28). The number of carbonyl (C=O) groups excluding carboxylic acids is 1. The summed E-state index contributed by atoms with van der Waals surface area (Å²) in [5.74, 6) is 0.407. The van der Waals surface area contributed by atoms with E-state index in [2.05, 4.69) is 38.2 Å². The SMILES string of the molecule is CC(C)(C)c1ccc(OCc2ccc(C(=O)Nc3ccc(N)c([N+](=O)[O-])c3)cc2)cc1. The predicted molar refractivity (Wildman–Crippen MR) is 121 cm³/mol. The minimum absolute atomic E-state index is 0.0420. The average Bonchev–Trinajstić information content (AvgIpc) is 2.73. The van der Waals surface area contributed by atoms with Crippen molar-refractivity contribution < 1.29 is 14.5 Å². The van der Waals surface area contributed by atoms with E-state index in [-0.39, 0.29) is 22.7 Å². The molecule has 0 atom stereocenters. The highest BCUT2D eigenvalue weighted by Crippen LogP contribution is 2.26. The van der Waals surface area contributed by atoms with Gasteiger partial charge in [0.05, 0.1) is 4.92 Å². The van der Waals surface area contributed by atoms with E-state index in [1.807, 2.05) is 24.3 Å². The molecule has 3 aromatic carbocycles. The van der Waals surface area contributed by atoms with Crippen LogP contribution in [0.15, 0.2) is 66.7 Å². The fraction of sp³-hybridized carbons (Fsp3) is 0.208. The van der Waals surface area contributed by atoms with Crippen molar-refractivity contribution in [1.29, 1.82) is 0 Å². The van der Waals surface area contributed by atoms with E-state index >= 15 is 0 Å². The molecule has 3 N–H and O–H groups in total. The van der Waals surface area contributed by atoms with Crippen molar-refractivity contribution in [3.8, 4) is 5.75 Å². The third kappa shape index (κ3) is 5.60. The van der Waals surface area contributed by atoms with Crippen molar-refractivity contribution >= 4 is 23.0 Å². The molecule has 0 aromatic heterocycles. The molecule has 1 amide bonds. The lowest BCUT2D eigenvalue weighted by Gasteiger charge is -2.19. The number of amides is 1. The van der Waals surface area contributed by atoms with Crippen LogP contribution in [0.2, 0.25) is 0 Å². The summed E-state index contributed by atoms with van der Waals surface area (Å²) in [6, 6.07) is 19.2. The van der Waals surface area contributed by atoms with Gasteiger partial charge in [-0.3, -0.25) is 14.9 Å². The molecule has 0 spiro atoms. The summed E-state index contributed by atoms with van der Waals surface area (Å²) in [7, 11) is 0. The molecule has 0 aliphatic carbocycles. The summed E-state index contributed by atoms with van der Waals surface area (Å²) < 4.78 is 5.83. The Morgan fingerprint density at radius 1 is 1.03 bits per heavy atom. The van der Waals surface area contributed by atoms with Crippen LogP contribution in [0.25, 0.3) is 0 Å². The number of carbonyl (C=O) groups is 1. The second-order valence-electron chi connectivity index (χ2n) is 8.24. The van der Waals surface area contributed by atoms with Crippen LogP contribution in [0.1, 0.15) is 42.3 Å². The van der Waals surface area contributed by atoms with Crippen molar-refractivity contribution in [2.24, 2.45) is 0 Å². The highest BCUT2D eigenvalue weighted by molar-refractivity contribution is 6.04. The lowest BCUT2D eigenvalue weighted by atomic mass is 9.87. The van der Waals surface area contributed by atoms with Gasteiger partial charge in [0.2, 0.25) is 0 Å². The van der Waals surface area contributed by atoms with Gasteiger partial charge in [-0.05, 0) is 52.9 Å². The Bertz CT molecular complexity index is 1090. The summed E-state index contributed by atoms with van der Waals surface area (Å²) in [5, 5.41) is 13.6. The molecule has 0 bridgehead atoms. The molecular weight excluding hydrogens is 394 g/mol. The van der Waals surface area contributed by atoms with Gasteiger partial charge in [0.1, 0.15) is 18.0 Å². The van der Waals surface area contributed by atoms with Crippen LogP contribution in [0, 0.1) is 10.1 Å². The van der Waals surface area contributed by atoms with E-state index < -0.39 is 4.92 Å². The zero-order chi connectivity index (χ0) is 22.6. The monoisotopic (exact) mass is 419 g/mol. The van der Waals surface area contributed by atoms with Gasteiger partial charge in [-0.15, -0.1) is 0 Å². The number of nitro benzene ring substituents is 1. The van der Waals surface area contributed by atoms with E-state index in [9.17, 15) is 14.9 Å². The average molecular weight is 419 g/mol. The van der Waals surface area contributed by atoms with Gasteiger partial charge in [-0.25, -0.2) is 0 Å². The zero-order valence-corrected chi connectivity index (χ0v) is 17.7. The van der Waals surface area contributed by atoms with Crippen molar-refractivity contribution in [3.05, 3.63) is 93.5 Å². The Kier molecular flexibility index (Phi) is 6.25. The topological polar surface area (TPSA) is 107 Å². The maximum Gasteiger partial charge on any atom is 0.294 e. The summed E-state index contributed by atoms with van der Waals surface area (Å²) >= 11 is 0. The Balaban J connectivity index is 1.60. The van der Waals surface area contributed by atoms with Crippen molar-refractivity contribution in [1.82, 2.24) is 0 Å². The first-order chi connectivity index (χ1) is 14.6. The quantitative estimate of drug-likeness (QED) is 0.320. The van der Waals surface area contributed by atoms with Crippen LogP contribution in [0.5, 0.6) is 5.75 Å². The minimum Gasteiger partial charge on any atom is -0.489 e. The van der Waals surface area contributed by atoms with Crippen molar-refractivity contribution in [2.75, 3.05) is 11.1 Å². The Labute approximate surface area is 181 Å². The van der Waals surface area contributed by atoms with Gasteiger partial charge >= 0.3 is 0 Å². The second kappa shape index (κ2) is 8.87. The number of benzene rings is 3. The van der Waals surface area contributed by atoms with Crippen LogP contribution < -0.4 is 15.8 Å². The van der Waals surface area contributed by atoms with E-state index in [0.717, 1.165) is 11.3 Å². The van der Waals surface area contributed by atoms with Crippen molar-refractivity contribution in [2.45, 2.75) is 32.8 Å². The summed E-state index contributed by atoms with van der Waals surface area (Å²) in [6.45, 7) is 6.86. The van der Waals surface area contributed by atoms with E-state index in [0.29, 0.717) is 17.9 Å². The van der Waals surface area contributed by atoms with Crippen LogP contribution in [-0.2, 0) is 12.0 Å². The first-order valence-electron chi connectivity index (χ1n) is 9.81. The molecule has 0 heterocycles. The number of hydrogen-bond donors (Lipinski definition) is 2. The van der Waals surface area contributed by atoms with Crippen LogP contribution in [0.3, 0.4) is 0 Å². The Morgan fingerprint density at radius 2 is 1.68 bits per heavy atom. The number of nitrogens with two attached hydrogens (primary N) is 1. The molecule has 0 fully saturated rings. The maximum absolute atomic E-state index is 12.4. The van der Waals surface area contributed by atoms with E-state index in [1.165, 1.54) is 23.8 Å². The summed E-state index contributed by atoms with van der Waals surface area (Å²) in [6.07, 6.45) is 0. The molecule has 31 heavy (non-hydrogen) atoms. The second-order valence-corrected chi connectivity index (χ2v) is 8.24. The smallest absolute Gasteiger partial charge is 0.294 e. The number of nitrogen functional groups attached to an aromatic ring is 1. The molecule has 0 unspecified atom stereocenters. The van der Waals surface area contributed by atoms with Crippen LogP contribution in [0.4, 0.5) is 17.1 Å². The summed E-state index contributed by atoms with van der Waals surface area (Å²) in [4.78, 5) is 22.8. The molecule has 0 saturated carbocycles. The number of anilines is 2. The van der Waals surface area contributed by atoms with Crippen LogP contribution >= 0.6 is 0 Å². The molecule has 0 saturated heterocycles. The van der Waals surface area contributed by atoms with E-state index in [1.54, 1.807) is 12.1 Å². The largest absolute Gasteiger partial charge is 0.489 e. The van der Waals surface area contributed by atoms with Gasteiger partial charge in [0.15, 0.2) is 0 Å². The van der Waals surface area contributed by atoms with Crippen molar-refractivity contribution in [3.63, 3.8) is 0 Å². The molecule has 160 valence electrons. The number of nitrogens with one attached hydrogen (secondary N) is 1. The highest BCUT2D eigenvalue weighted by atomic mass is 16.6. The normalized spacial score (nSPS) is 11.1. The number of ether oxygens (including phenoxy) is 1. The molecule has 3 aromatic rings. The number of rotatable bonds is 6. The lowest BCUT2D eigenvalue weighted by molar-refractivity contribution is -0.383. The maximum atomic E-state index is 12.4. The van der Waals surface area contributed by atoms with Gasteiger partial charge in [0, 0.05) is 17.3 Å². The number of hydrogen-bond acceptors (Lipinski definition) is 5. The van der Waals surface area contributed by atoms with Gasteiger partial charge < -0.3 is 15.8 Å². The molecule has 0 radical (unpaired) electrons. The fourth-order valence-electron chi connectivity index (χ4n) is 2.95. The van der Waals surface area contributed by atoms with E-state index in [4.69, 9.17) is 10.5 Å². The number of nitro groups is 1. The third-order valence-corrected chi connectivity index (χ3v) is 4.83. The van der Waals surface area contributed by atoms with Crippen LogP contribution in [-0.4, -0.2) is 10.8 Å². The van der Waals surface area contributed by atoms with Gasteiger partial charge in [-0.1, -0.05) is 45.0 Å². The molecular formula is C24H25N3O4. The number of nitrogens with zero attached hydrogens (tertiary/aromatic N) is 1. The molecule has 0 aliphatic heterocycles.